The third kappa shape index (κ3) is 4.27. The number of nitrogens with one attached hydrogen (secondary N) is 2. The third-order valence-corrected chi connectivity index (χ3v) is 4.47. The number of aromatic nitrogens is 2. The van der Waals surface area contributed by atoms with E-state index >= 15 is 0 Å². The van der Waals surface area contributed by atoms with Crippen molar-refractivity contribution in [2.75, 3.05) is 0 Å². The van der Waals surface area contributed by atoms with Gasteiger partial charge in [0.05, 0.1) is 23.3 Å². The predicted octanol–water partition coefficient (Wildman–Crippen LogP) is 5.09. The second-order valence-corrected chi connectivity index (χ2v) is 6.56. The molecule has 1 unspecified atom stereocenters. The molecule has 1 atom stereocenters. The highest BCUT2D eigenvalue weighted by Gasteiger charge is 2.34. The van der Waals surface area contributed by atoms with Gasteiger partial charge in [-0.15, -0.1) is 0 Å². The van der Waals surface area contributed by atoms with E-state index in [0.717, 1.165) is 5.56 Å². The van der Waals surface area contributed by atoms with Gasteiger partial charge in [-0.1, -0.05) is 36.4 Å². The molecular weight excluding hydrogens is 395 g/mol. The molecule has 0 fully saturated rings. The summed E-state index contributed by atoms with van der Waals surface area (Å²) >= 11 is 0. The molecule has 0 aliphatic rings. The van der Waals surface area contributed by atoms with Crippen LogP contribution in [-0.4, -0.2) is 15.9 Å². The van der Waals surface area contributed by atoms with Crippen LogP contribution in [0.25, 0.3) is 17.1 Å². The van der Waals surface area contributed by atoms with Crippen LogP contribution in [0, 0.1) is 0 Å². The molecule has 8 heteroatoms. The number of rotatable bonds is 5. The van der Waals surface area contributed by atoms with Gasteiger partial charge in [0.2, 0.25) is 11.7 Å². The zero-order valence-corrected chi connectivity index (χ0v) is 15.5. The summed E-state index contributed by atoms with van der Waals surface area (Å²) < 4.78 is 44.0. The van der Waals surface area contributed by atoms with Gasteiger partial charge in [-0.25, -0.2) is 4.98 Å². The van der Waals surface area contributed by atoms with Crippen LogP contribution in [0.2, 0.25) is 0 Å². The Morgan fingerprint density at radius 3 is 2.57 bits per heavy atom. The lowest BCUT2D eigenvalue weighted by Crippen LogP contribution is -2.27. The number of H-pyrrole nitrogens is 1. The number of halogens is 3. The van der Waals surface area contributed by atoms with Crippen molar-refractivity contribution in [3.8, 4) is 0 Å². The Bertz CT molecular complexity index is 1180. The van der Waals surface area contributed by atoms with Crippen molar-refractivity contribution < 1.29 is 22.4 Å². The number of hydrogen-bond donors (Lipinski definition) is 2. The number of carbonyl (C=O) groups excluding carboxylic acids is 1. The number of benzene rings is 2. The number of carbonyl (C=O) groups is 1. The molecule has 4 rings (SSSR count). The highest BCUT2D eigenvalue weighted by atomic mass is 19.4. The van der Waals surface area contributed by atoms with E-state index in [1.165, 1.54) is 24.5 Å². The van der Waals surface area contributed by atoms with Gasteiger partial charge in [0.1, 0.15) is 5.76 Å². The SMILES string of the molecule is O=C(/C=C/c1ccco1)NC(c1ccccc1)c1ccc2nc(C(F)(F)F)[nH]c2c1. The van der Waals surface area contributed by atoms with Crippen LogP contribution in [-0.2, 0) is 11.0 Å². The minimum absolute atomic E-state index is 0.196. The first kappa shape index (κ1) is 19.5. The van der Waals surface area contributed by atoms with Crippen molar-refractivity contribution >= 4 is 23.0 Å². The maximum Gasteiger partial charge on any atom is 0.449 e. The van der Waals surface area contributed by atoms with Crippen molar-refractivity contribution in [2.45, 2.75) is 12.2 Å². The van der Waals surface area contributed by atoms with Crippen LogP contribution in [0.3, 0.4) is 0 Å². The number of amides is 1. The van der Waals surface area contributed by atoms with E-state index in [9.17, 15) is 18.0 Å². The summed E-state index contributed by atoms with van der Waals surface area (Å²) in [5, 5.41) is 2.89. The molecule has 0 spiro atoms. The Balaban J connectivity index is 1.66. The topological polar surface area (TPSA) is 70.9 Å². The highest BCUT2D eigenvalue weighted by molar-refractivity contribution is 5.92. The average Bonchev–Trinajstić information content (AvgIpc) is 3.40. The minimum atomic E-state index is -4.57. The quantitative estimate of drug-likeness (QED) is 0.449. The minimum Gasteiger partial charge on any atom is -0.465 e. The van der Waals surface area contributed by atoms with Gasteiger partial charge in [-0.05, 0) is 41.5 Å². The summed E-state index contributed by atoms with van der Waals surface area (Å²) in [7, 11) is 0. The molecule has 1 amide bonds. The van der Waals surface area contributed by atoms with Crippen molar-refractivity contribution in [3.63, 3.8) is 0 Å². The molecule has 0 saturated heterocycles. The van der Waals surface area contributed by atoms with E-state index in [4.69, 9.17) is 4.42 Å². The third-order valence-electron chi connectivity index (χ3n) is 4.47. The first-order chi connectivity index (χ1) is 14.4. The van der Waals surface area contributed by atoms with Crippen LogP contribution in [0.5, 0.6) is 0 Å². The fourth-order valence-corrected chi connectivity index (χ4v) is 3.08. The van der Waals surface area contributed by atoms with E-state index in [2.05, 4.69) is 15.3 Å². The smallest absolute Gasteiger partial charge is 0.449 e. The largest absolute Gasteiger partial charge is 0.465 e. The zero-order valence-electron chi connectivity index (χ0n) is 15.5. The predicted molar refractivity (Wildman–Crippen MR) is 105 cm³/mol. The number of fused-ring (bicyclic) bond motifs is 1. The maximum absolute atomic E-state index is 13.0. The molecule has 0 aliphatic carbocycles. The van der Waals surface area contributed by atoms with E-state index in [1.807, 2.05) is 30.3 Å². The summed E-state index contributed by atoms with van der Waals surface area (Å²) in [4.78, 5) is 18.4. The Labute approximate surface area is 169 Å². The Morgan fingerprint density at radius 1 is 1.07 bits per heavy atom. The molecule has 0 radical (unpaired) electrons. The zero-order chi connectivity index (χ0) is 21.1. The summed E-state index contributed by atoms with van der Waals surface area (Å²) in [6.07, 6.45) is -0.196. The first-order valence-corrected chi connectivity index (χ1v) is 9.04. The van der Waals surface area contributed by atoms with Gasteiger partial charge in [-0.2, -0.15) is 13.2 Å². The van der Waals surface area contributed by atoms with Gasteiger partial charge in [0.25, 0.3) is 0 Å². The van der Waals surface area contributed by atoms with Crippen LogP contribution in [0.1, 0.15) is 28.8 Å². The average molecular weight is 411 g/mol. The summed E-state index contributed by atoms with van der Waals surface area (Å²) in [6, 6.07) is 16.7. The van der Waals surface area contributed by atoms with E-state index < -0.39 is 18.0 Å². The normalized spacial score (nSPS) is 13.0. The molecule has 152 valence electrons. The molecule has 2 heterocycles. The number of aromatic amines is 1. The second kappa shape index (κ2) is 7.90. The molecule has 0 bridgehead atoms. The lowest BCUT2D eigenvalue weighted by molar-refractivity contribution is -0.144. The molecule has 5 nitrogen and oxygen atoms in total. The molecule has 2 N–H and O–H groups in total. The monoisotopic (exact) mass is 411 g/mol. The molecule has 4 aromatic rings. The Hall–Kier alpha value is -3.81. The Kier molecular flexibility index (Phi) is 5.14. The fourth-order valence-electron chi connectivity index (χ4n) is 3.08. The highest BCUT2D eigenvalue weighted by Crippen LogP contribution is 2.30. The maximum atomic E-state index is 13.0. The first-order valence-electron chi connectivity index (χ1n) is 9.04. The molecule has 2 aromatic carbocycles. The van der Waals surface area contributed by atoms with Crippen LogP contribution in [0.15, 0.2) is 77.4 Å². The molecule has 2 aromatic heterocycles. The van der Waals surface area contributed by atoms with Crippen molar-refractivity contribution in [2.24, 2.45) is 0 Å². The van der Waals surface area contributed by atoms with Crippen molar-refractivity contribution in [3.05, 3.63) is 95.7 Å². The summed E-state index contributed by atoms with van der Waals surface area (Å²) in [5.74, 6) is -0.905. The van der Waals surface area contributed by atoms with Gasteiger partial charge in [0.15, 0.2) is 0 Å². The lowest BCUT2D eigenvalue weighted by atomic mass is 9.98. The van der Waals surface area contributed by atoms with Gasteiger partial charge in [-0.3, -0.25) is 4.79 Å². The lowest BCUT2D eigenvalue weighted by Gasteiger charge is -2.19. The molecule has 0 aliphatic heterocycles. The number of alkyl halides is 3. The van der Waals surface area contributed by atoms with Gasteiger partial charge >= 0.3 is 6.18 Å². The van der Waals surface area contributed by atoms with Crippen LogP contribution < -0.4 is 5.32 Å². The van der Waals surface area contributed by atoms with Gasteiger partial charge < -0.3 is 14.7 Å². The summed E-state index contributed by atoms with van der Waals surface area (Å²) in [5.41, 5.74) is 1.83. The Morgan fingerprint density at radius 2 is 1.87 bits per heavy atom. The van der Waals surface area contributed by atoms with E-state index in [-0.39, 0.29) is 16.9 Å². The number of furan rings is 1. The van der Waals surface area contributed by atoms with E-state index in [1.54, 1.807) is 24.3 Å². The number of nitrogens with zero attached hydrogens (tertiary/aromatic N) is 1. The van der Waals surface area contributed by atoms with Crippen molar-refractivity contribution in [1.82, 2.24) is 15.3 Å². The number of hydrogen-bond acceptors (Lipinski definition) is 3. The second-order valence-electron chi connectivity index (χ2n) is 6.56. The molecule has 0 saturated carbocycles. The fraction of sp³-hybridized carbons (Fsp3) is 0.0909. The van der Waals surface area contributed by atoms with Crippen LogP contribution in [0.4, 0.5) is 13.2 Å². The van der Waals surface area contributed by atoms with Crippen molar-refractivity contribution in [1.29, 1.82) is 0 Å². The van der Waals surface area contributed by atoms with Gasteiger partial charge in [0, 0.05) is 6.08 Å². The standard InChI is InChI=1S/C22H16F3N3O2/c23-22(24,25)21-26-17-10-8-15(13-18(17)27-21)20(14-5-2-1-3-6-14)28-19(29)11-9-16-7-4-12-30-16/h1-13,20H,(H,26,27)(H,28,29)/b11-9+. The number of imidazole rings is 1. The molecular formula is C22H16F3N3O2. The summed E-state index contributed by atoms with van der Waals surface area (Å²) in [6.45, 7) is 0. The van der Waals surface area contributed by atoms with Crippen LogP contribution >= 0.6 is 0 Å². The van der Waals surface area contributed by atoms with E-state index in [0.29, 0.717) is 11.3 Å². The molecule has 30 heavy (non-hydrogen) atoms.